The number of ether oxygens (including phenoxy) is 1. The maximum Gasteiger partial charge on any atom is 0.0702 e. The zero-order valence-corrected chi connectivity index (χ0v) is 9.45. The van der Waals surface area contributed by atoms with Gasteiger partial charge in [-0.3, -0.25) is 4.90 Å². The second-order valence-electron chi connectivity index (χ2n) is 5.67. The molecule has 0 amide bonds. The SMILES string of the molecule is NC1(C2CC2)CN(CC2CCCCO2)C1. The van der Waals surface area contributed by atoms with Crippen LogP contribution in [0.2, 0.25) is 0 Å². The van der Waals surface area contributed by atoms with Crippen molar-refractivity contribution in [3.8, 4) is 0 Å². The highest BCUT2D eigenvalue weighted by molar-refractivity contribution is 5.09. The lowest BCUT2D eigenvalue weighted by molar-refractivity contribution is -0.0398. The molecule has 0 bridgehead atoms. The van der Waals surface area contributed by atoms with Crippen LogP contribution in [0.25, 0.3) is 0 Å². The van der Waals surface area contributed by atoms with Crippen molar-refractivity contribution in [3.05, 3.63) is 0 Å². The Balaban J connectivity index is 1.42. The van der Waals surface area contributed by atoms with Gasteiger partial charge in [0.1, 0.15) is 0 Å². The summed E-state index contributed by atoms with van der Waals surface area (Å²) >= 11 is 0. The van der Waals surface area contributed by atoms with Gasteiger partial charge in [-0.25, -0.2) is 0 Å². The molecule has 3 heteroatoms. The first-order chi connectivity index (χ1) is 7.26. The van der Waals surface area contributed by atoms with E-state index in [0.29, 0.717) is 6.10 Å². The summed E-state index contributed by atoms with van der Waals surface area (Å²) in [6.45, 7) is 4.30. The zero-order chi connectivity index (χ0) is 10.3. The monoisotopic (exact) mass is 210 g/mol. The molecule has 0 spiro atoms. The molecule has 2 aliphatic heterocycles. The second kappa shape index (κ2) is 3.72. The van der Waals surface area contributed by atoms with E-state index in [-0.39, 0.29) is 5.54 Å². The van der Waals surface area contributed by atoms with Gasteiger partial charge >= 0.3 is 0 Å². The lowest BCUT2D eigenvalue weighted by Crippen LogP contribution is -2.69. The standard InChI is InChI=1S/C12H22N2O/c13-12(10-4-5-10)8-14(9-12)7-11-3-1-2-6-15-11/h10-11H,1-9,13H2. The van der Waals surface area contributed by atoms with Crippen molar-refractivity contribution in [1.82, 2.24) is 4.90 Å². The molecule has 2 saturated heterocycles. The summed E-state index contributed by atoms with van der Waals surface area (Å²) in [5, 5.41) is 0. The predicted octanol–water partition coefficient (Wildman–Crippen LogP) is 0.979. The van der Waals surface area contributed by atoms with Crippen LogP contribution in [-0.4, -0.2) is 42.8 Å². The number of likely N-dealkylation sites (tertiary alicyclic amines) is 1. The number of rotatable bonds is 3. The maximum atomic E-state index is 6.32. The Labute approximate surface area is 91.9 Å². The van der Waals surface area contributed by atoms with Gasteiger partial charge in [0, 0.05) is 31.8 Å². The number of hydrogen-bond acceptors (Lipinski definition) is 3. The summed E-state index contributed by atoms with van der Waals surface area (Å²) in [4.78, 5) is 2.48. The van der Waals surface area contributed by atoms with Crippen LogP contribution < -0.4 is 5.73 Å². The smallest absolute Gasteiger partial charge is 0.0702 e. The first-order valence-corrected chi connectivity index (χ1v) is 6.39. The minimum Gasteiger partial charge on any atom is -0.377 e. The molecule has 0 radical (unpaired) electrons. The average molecular weight is 210 g/mol. The largest absolute Gasteiger partial charge is 0.377 e. The van der Waals surface area contributed by atoms with Gasteiger partial charge in [0.2, 0.25) is 0 Å². The highest BCUT2D eigenvalue weighted by Gasteiger charge is 2.50. The van der Waals surface area contributed by atoms with Crippen molar-refractivity contribution in [2.45, 2.75) is 43.7 Å². The lowest BCUT2D eigenvalue weighted by atomic mass is 9.85. The van der Waals surface area contributed by atoms with Crippen molar-refractivity contribution in [3.63, 3.8) is 0 Å². The average Bonchev–Trinajstić information content (AvgIpc) is 3.00. The molecule has 1 atom stereocenters. The van der Waals surface area contributed by atoms with E-state index in [9.17, 15) is 0 Å². The summed E-state index contributed by atoms with van der Waals surface area (Å²) in [6.07, 6.45) is 7.06. The Hall–Kier alpha value is -0.120. The fourth-order valence-corrected chi connectivity index (χ4v) is 3.07. The molecule has 3 nitrogen and oxygen atoms in total. The van der Waals surface area contributed by atoms with E-state index in [2.05, 4.69) is 4.90 Å². The summed E-state index contributed by atoms with van der Waals surface area (Å²) in [6, 6.07) is 0. The maximum absolute atomic E-state index is 6.32. The zero-order valence-electron chi connectivity index (χ0n) is 9.45. The molecule has 86 valence electrons. The van der Waals surface area contributed by atoms with Gasteiger partial charge in [-0.05, 0) is 38.0 Å². The molecular formula is C12H22N2O. The molecule has 1 saturated carbocycles. The molecule has 3 aliphatic rings. The second-order valence-corrected chi connectivity index (χ2v) is 5.67. The third kappa shape index (κ3) is 2.05. The first kappa shape index (κ1) is 10.1. The molecule has 0 aromatic rings. The number of hydrogen-bond donors (Lipinski definition) is 1. The van der Waals surface area contributed by atoms with Crippen molar-refractivity contribution >= 4 is 0 Å². The Morgan fingerprint density at radius 2 is 2.00 bits per heavy atom. The summed E-state index contributed by atoms with van der Waals surface area (Å²) in [5.41, 5.74) is 6.50. The van der Waals surface area contributed by atoms with E-state index in [1.54, 1.807) is 0 Å². The molecule has 3 fully saturated rings. The van der Waals surface area contributed by atoms with E-state index >= 15 is 0 Å². The van der Waals surface area contributed by atoms with E-state index < -0.39 is 0 Å². The minimum atomic E-state index is 0.175. The van der Waals surface area contributed by atoms with Gasteiger partial charge in [-0.15, -0.1) is 0 Å². The first-order valence-electron chi connectivity index (χ1n) is 6.39. The molecule has 1 unspecified atom stereocenters. The Kier molecular flexibility index (Phi) is 2.49. The van der Waals surface area contributed by atoms with Crippen molar-refractivity contribution in [2.75, 3.05) is 26.2 Å². The van der Waals surface area contributed by atoms with Crippen molar-refractivity contribution < 1.29 is 4.74 Å². The van der Waals surface area contributed by atoms with Crippen LogP contribution in [-0.2, 0) is 4.74 Å². The van der Waals surface area contributed by atoms with Crippen LogP contribution >= 0.6 is 0 Å². The fourth-order valence-electron chi connectivity index (χ4n) is 3.07. The molecule has 1 aliphatic carbocycles. The predicted molar refractivity (Wildman–Crippen MR) is 59.7 cm³/mol. The van der Waals surface area contributed by atoms with Crippen LogP contribution in [0, 0.1) is 5.92 Å². The highest BCUT2D eigenvalue weighted by Crippen LogP contribution is 2.43. The lowest BCUT2D eigenvalue weighted by Gasteiger charge is -2.49. The Morgan fingerprint density at radius 1 is 1.20 bits per heavy atom. The molecular weight excluding hydrogens is 188 g/mol. The Bertz CT molecular complexity index is 228. The topological polar surface area (TPSA) is 38.5 Å². The third-order valence-electron chi connectivity index (χ3n) is 4.16. The van der Waals surface area contributed by atoms with Crippen LogP contribution in [0.5, 0.6) is 0 Å². The fraction of sp³-hybridized carbons (Fsp3) is 1.00. The molecule has 2 heterocycles. The van der Waals surface area contributed by atoms with Crippen LogP contribution in [0.3, 0.4) is 0 Å². The van der Waals surface area contributed by atoms with Gasteiger partial charge in [0.25, 0.3) is 0 Å². The molecule has 0 aromatic carbocycles. The van der Waals surface area contributed by atoms with Crippen LogP contribution in [0.4, 0.5) is 0 Å². The van der Waals surface area contributed by atoms with E-state index in [4.69, 9.17) is 10.5 Å². The molecule has 15 heavy (non-hydrogen) atoms. The molecule has 0 aromatic heterocycles. The van der Waals surface area contributed by atoms with Crippen LogP contribution in [0.15, 0.2) is 0 Å². The molecule has 3 rings (SSSR count). The van der Waals surface area contributed by atoms with Gasteiger partial charge in [-0.2, -0.15) is 0 Å². The third-order valence-corrected chi connectivity index (χ3v) is 4.16. The number of nitrogens with zero attached hydrogens (tertiary/aromatic N) is 1. The highest BCUT2D eigenvalue weighted by atomic mass is 16.5. The summed E-state index contributed by atoms with van der Waals surface area (Å²) in [7, 11) is 0. The van der Waals surface area contributed by atoms with Gasteiger partial charge in [-0.1, -0.05) is 0 Å². The van der Waals surface area contributed by atoms with Gasteiger partial charge in [0.05, 0.1) is 6.10 Å². The van der Waals surface area contributed by atoms with E-state index in [1.807, 2.05) is 0 Å². The summed E-state index contributed by atoms with van der Waals surface area (Å²) in [5.74, 6) is 0.834. The van der Waals surface area contributed by atoms with Crippen molar-refractivity contribution in [1.29, 1.82) is 0 Å². The number of nitrogens with two attached hydrogens (primary N) is 1. The van der Waals surface area contributed by atoms with Gasteiger partial charge in [0.15, 0.2) is 0 Å². The van der Waals surface area contributed by atoms with Crippen LogP contribution in [0.1, 0.15) is 32.1 Å². The minimum absolute atomic E-state index is 0.175. The van der Waals surface area contributed by atoms with Crippen molar-refractivity contribution in [2.24, 2.45) is 11.7 Å². The summed E-state index contributed by atoms with van der Waals surface area (Å²) < 4.78 is 5.75. The van der Waals surface area contributed by atoms with E-state index in [0.717, 1.165) is 32.2 Å². The normalized spacial score (nSPS) is 36.2. The Morgan fingerprint density at radius 3 is 2.60 bits per heavy atom. The quantitative estimate of drug-likeness (QED) is 0.754. The van der Waals surface area contributed by atoms with E-state index in [1.165, 1.54) is 32.1 Å². The van der Waals surface area contributed by atoms with Gasteiger partial charge < -0.3 is 10.5 Å². The molecule has 2 N–H and O–H groups in total.